The Labute approximate surface area is 152 Å². The summed E-state index contributed by atoms with van der Waals surface area (Å²) in [6, 6.07) is 19.3. The Balaban J connectivity index is 1.73. The predicted molar refractivity (Wildman–Crippen MR) is 101 cm³/mol. The molecule has 26 heavy (non-hydrogen) atoms. The molecule has 3 aromatic rings. The van der Waals surface area contributed by atoms with Gasteiger partial charge < -0.3 is 4.42 Å². The standard InChI is InChI=1S/C22H20N2O2/c1-15-9-11-17(12-10-15)19-14-20(21-8-5-13-26-21)24(23-19)22(25)18-7-4-3-6-16(18)2/h3-13,20H,14H2,1-2H3/t20-/m1/s1. The van der Waals surface area contributed by atoms with Crippen LogP contribution in [0.15, 0.2) is 76.4 Å². The van der Waals surface area contributed by atoms with Crippen LogP contribution in [0.5, 0.6) is 0 Å². The van der Waals surface area contributed by atoms with Crippen molar-refractivity contribution < 1.29 is 9.21 Å². The number of benzene rings is 2. The molecule has 2 heterocycles. The van der Waals surface area contributed by atoms with Crippen LogP contribution in [0.3, 0.4) is 0 Å². The Morgan fingerprint density at radius 1 is 1.04 bits per heavy atom. The molecular weight excluding hydrogens is 324 g/mol. The molecule has 0 saturated heterocycles. The molecule has 0 saturated carbocycles. The zero-order valence-electron chi connectivity index (χ0n) is 14.8. The van der Waals surface area contributed by atoms with Crippen molar-refractivity contribution in [3.63, 3.8) is 0 Å². The smallest absolute Gasteiger partial charge is 0.274 e. The molecule has 4 nitrogen and oxygen atoms in total. The molecule has 1 aliphatic rings. The van der Waals surface area contributed by atoms with Gasteiger partial charge >= 0.3 is 0 Å². The van der Waals surface area contributed by atoms with E-state index in [-0.39, 0.29) is 11.9 Å². The Morgan fingerprint density at radius 3 is 2.50 bits per heavy atom. The van der Waals surface area contributed by atoms with E-state index < -0.39 is 0 Å². The highest BCUT2D eigenvalue weighted by Gasteiger charge is 2.35. The number of nitrogens with zero attached hydrogens (tertiary/aromatic N) is 2. The van der Waals surface area contributed by atoms with Crippen molar-refractivity contribution in [1.82, 2.24) is 5.01 Å². The van der Waals surface area contributed by atoms with Gasteiger partial charge in [0, 0.05) is 12.0 Å². The number of rotatable bonds is 3. The van der Waals surface area contributed by atoms with E-state index in [1.807, 2.05) is 43.3 Å². The minimum Gasteiger partial charge on any atom is -0.467 e. The van der Waals surface area contributed by atoms with Gasteiger partial charge in [-0.2, -0.15) is 5.10 Å². The van der Waals surface area contributed by atoms with Crippen molar-refractivity contribution in [2.24, 2.45) is 5.10 Å². The monoisotopic (exact) mass is 344 g/mol. The van der Waals surface area contributed by atoms with Gasteiger partial charge in [0.2, 0.25) is 0 Å². The minimum atomic E-state index is -0.228. The van der Waals surface area contributed by atoms with Gasteiger partial charge in [-0.1, -0.05) is 48.0 Å². The molecule has 4 rings (SSSR count). The van der Waals surface area contributed by atoms with Crippen molar-refractivity contribution >= 4 is 11.6 Å². The van der Waals surface area contributed by atoms with E-state index in [0.29, 0.717) is 12.0 Å². The van der Waals surface area contributed by atoms with Crippen molar-refractivity contribution in [3.05, 3.63) is 94.9 Å². The van der Waals surface area contributed by atoms with Crippen molar-refractivity contribution in [2.75, 3.05) is 0 Å². The molecule has 0 N–H and O–H groups in total. The van der Waals surface area contributed by atoms with Crippen LogP contribution in [-0.2, 0) is 0 Å². The molecule has 4 heteroatoms. The van der Waals surface area contributed by atoms with Gasteiger partial charge in [-0.05, 0) is 43.2 Å². The third kappa shape index (κ3) is 2.94. The zero-order valence-corrected chi connectivity index (χ0v) is 14.8. The van der Waals surface area contributed by atoms with Gasteiger partial charge in [0.05, 0.1) is 12.0 Å². The molecule has 130 valence electrons. The van der Waals surface area contributed by atoms with Crippen LogP contribution < -0.4 is 0 Å². The van der Waals surface area contributed by atoms with Crippen LogP contribution in [0.1, 0.15) is 45.3 Å². The predicted octanol–water partition coefficient (Wildman–Crippen LogP) is 4.89. The Bertz CT molecular complexity index is 956. The summed E-state index contributed by atoms with van der Waals surface area (Å²) in [5.74, 6) is 0.643. The lowest BCUT2D eigenvalue weighted by Gasteiger charge is -2.20. The van der Waals surface area contributed by atoms with Crippen LogP contribution in [0.25, 0.3) is 0 Å². The number of aryl methyl sites for hydroxylation is 2. The van der Waals surface area contributed by atoms with E-state index in [2.05, 4.69) is 36.3 Å². The lowest BCUT2D eigenvalue weighted by Crippen LogP contribution is -2.27. The average molecular weight is 344 g/mol. The molecule has 1 atom stereocenters. The quantitative estimate of drug-likeness (QED) is 0.679. The summed E-state index contributed by atoms with van der Waals surface area (Å²) in [5.41, 5.74) is 4.73. The SMILES string of the molecule is Cc1ccc(C2=NN(C(=O)c3ccccc3C)[C@@H](c3ccco3)C2)cc1. The third-order valence-corrected chi connectivity index (χ3v) is 4.75. The number of hydrogen-bond acceptors (Lipinski definition) is 3. The topological polar surface area (TPSA) is 45.8 Å². The highest BCUT2D eigenvalue weighted by Crippen LogP contribution is 2.34. The van der Waals surface area contributed by atoms with Gasteiger partial charge in [-0.15, -0.1) is 0 Å². The first-order valence-electron chi connectivity index (χ1n) is 8.70. The average Bonchev–Trinajstić information content (AvgIpc) is 3.32. The number of furan rings is 1. The molecule has 0 fully saturated rings. The Kier molecular flexibility index (Phi) is 4.17. The van der Waals surface area contributed by atoms with Crippen LogP contribution >= 0.6 is 0 Å². The molecular formula is C22H20N2O2. The second-order valence-corrected chi connectivity index (χ2v) is 6.61. The van der Waals surface area contributed by atoms with Gasteiger partial charge in [0.15, 0.2) is 0 Å². The fourth-order valence-corrected chi connectivity index (χ4v) is 3.26. The maximum Gasteiger partial charge on any atom is 0.274 e. The summed E-state index contributed by atoms with van der Waals surface area (Å²) in [7, 11) is 0. The highest BCUT2D eigenvalue weighted by molar-refractivity contribution is 6.05. The van der Waals surface area contributed by atoms with E-state index in [1.54, 1.807) is 11.3 Å². The van der Waals surface area contributed by atoms with E-state index in [1.165, 1.54) is 5.56 Å². The summed E-state index contributed by atoms with van der Waals surface area (Å²) in [6.45, 7) is 4.00. The first kappa shape index (κ1) is 16.3. The van der Waals surface area contributed by atoms with E-state index in [0.717, 1.165) is 22.6 Å². The number of hydrogen-bond donors (Lipinski definition) is 0. The molecule has 1 aliphatic heterocycles. The second-order valence-electron chi connectivity index (χ2n) is 6.61. The van der Waals surface area contributed by atoms with E-state index >= 15 is 0 Å². The summed E-state index contributed by atoms with van der Waals surface area (Å²) in [4.78, 5) is 13.2. The molecule has 0 radical (unpaired) electrons. The van der Waals surface area contributed by atoms with Crippen molar-refractivity contribution in [1.29, 1.82) is 0 Å². The molecule has 1 amide bonds. The fourth-order valence-electron chi connectivity index (χ4n) is 3.26. The number of hydrazone groups is 1. The minimum absolute atomic E-state index is 0.105. The number of carbonyl (C=O) groups excluding carboxylic acids is 1. The molecule has 2 aromatic carbocycles. The van der Waals surface area contributed by atoms with Crippen LogP contribution in [-0.4, -0.2) is 16.6 Å². The van der Waals surface area contributed by atoms with Crippen LogP contribution in [0, 0.1) is 13.8 Å². The summed E-state index contributed by atoms with van der Waals surface area (Å²) < 4.78 is 5.60. The maximum atomic E-state index is 13.2. The van der Waals surface area contributed by atoms with Crippen LogP contribution in [0.4, 0.5) is 0 Å². The second kappa shape index (κ2) is 6.64. The highest BCUT2D eigenvalue weighted by atomic mass is 16.3. The molecule has 0 aliphatic carbocycles. The molecule has 0 bridgehead atoms. The summed E-state index contributed by atoms with van der Waals surface area (Å²) >= 11 is 0. The molecule has 1 aromatic heterocycles. The van der Waals surface area contributed by atoms with Crippen LogP contribution in [0.2, 0.25) is 0 Å². The first-order valence-corrected chi connectivity index (χ1v) is 8.70. The van der Waals surface area contributed by atoms with E-state index in [4.69, 9.17) is 4.42 Å². The van der Waals surface area contributed by atoms with Gasteiger partial charge in [0.25, 0.3) is 5.91 Å². The van der Waals surface area contributed by atoms with Gasteiger partial charge in [-0.3, -0.25) is 4.79 Å². The number of carbonyl (C=O) groups is 1. The third-order valence-electron chi connectivity index (χ3n) is 4.75. The Hall–Kier alpha value is -3.14. The van der Waals surface area contributed by atoms with E-state index in [9.17, 15) is 4.79 Å². The zero-order chi connectivity index (χ0) is 18.1. The lowest BCUT2D eigenvalue weighted by molar-refractivity contribution is 0.0692. The molecule has 0 spiro atoms. The van der Waals surface area contributed by atoms with Gasteiger partial charge in [-0.25, -0.2) is 5.01 Å². The first-order chi connectivity index (χ1) is 12.6. The largest absolute Gasteiger partial charge is 0.467 e. The molecule has 0 unspecified atom stereocenters. The lowest BCUT2D eigenvalue weighted by atomic mass is 10.0. The Morgan fingerprint density at radius 2 is 1.81 bits per heavy atom. The maximum absolute atomic E-state index is 13.2. The van der Waals surface area contributed by atoms with Gasteiger partial charge in [0.1, 0.15) is 11.8 Å². The summed E-state index contributed by atoms with van der Waals surface area (Å²) in [6.07, 6.45) is 2.27. The summed E-state index contributed by atoms with van der Waals surface area (Å²) in [5, 5.41) is 6.25. The van der Waals surface area contributed by atoms with Crippen molar-refractivity contribution in [3.8, 4) is 0 Å². The fraction of sp³-hybridized carbons (Fsp3) is 0.182. The number of amides is 1. The normalized spacial score (nSPS) is 16.6. The van der Waals surface area contributed by atoms with Crippen molar-refractivity contribution in [2.45, 2.75) is 26.3 Å².